The van der Waals surface area contributed by atoms with Crippen molar-refractivity contribution in [3.05, 3.63) is 16.1 Å². The van der Waals surface area contributed by atoms with Crippen LogP contribution in [0.2, 0.25) is 0 Å². The van der Waals surface area contributed by atoms with Gasteiger partial charge in [0.25, 0.3) is 0 Å². The lowest BCUT2D eigenvalue weighted by atomic mass is 9.93. The summed E-state index contributed by atoms with van der Waals surface area (Å²) in [5, 5.41) is 5.74. The molecule has 15 heavy (non-hydrogen) atoms. The minimum absolute atomic E-state index is 0.0789. The molecule has 1 aliphatic rings. The van der Waals surface area contributed by atoms with Crippen LogP contribution < -0.4 is 5.32 Å². The number of thiazole rings is 1. The van der Waals surface area contributed by atoms with Gasteiger partial charge in [0.15, 0.2) is 0 Å². The van der Waals surface area contributed by atoms with E-state index in [2.05, 4.69) is 10.3 Å². The zero-order chi connectivity index (χ0) is 10.7. The summed E-state index contributed by atoms with van der Waals surface area (Å²) in [5.74, 6) is 0.496. The van der Waals surface area contributed by atoms with Crippen LogP contribution in [-0.2, 0) is 17.1 Å². The molecule has 2 rings (SSSR count). The number of halogens is 1. The van der Waals surface area contributed by atoms with Gasteiger partial charge in [0, 0.05) is 11.4 Å². The normalized spacial score (nSPS) is 16.1. The highest BCUT2D eigenvalue weighted by Gasteiger charge is 2.19. The van der Waals surface area contributed by atoms with Gasteiger partial charge in [0.2, 0.25) is 5.91 Å². The lowest BCUT2D eigenvalue weighted by molar-refractivity contribution is -0.121. The van der Waals surface area contributed by atoms with E-state index in [0.29, 0.717) is 18.3 Å². The zero-order valence-electron chi connectivity index (χ0n) is 8.33. The zero-order valence-corrected chi connectivity index (χ0v) is 9.90. The SMILES string of the molecule is O=C(Cc1nc(CCl)cs1)NC1CCC1. The van der Waals surface area contributed by atoms with Gasteiger partial charge in [-0.3, -0.25) is 4.79 Å². The van der Waals surface area contributed by atoms with Crippen LogP contribution in [0.1, 0.15) is 30.0 Å². The molecule has 0 aromatic carbocycles. The smallest absolute Gasteiger partial charge is 0.227 e. The van der Waals surface area contributed by atoms with Gasteiger partial charge in [-0.2, -0.15) is 0 Å². The lowest BCUT2D eigenvalue weighted by Gasteiger charge is -2.26. The second kappa shape index (κ2) is 4.94. The first-order valence-electron chi connectivity index (χ1n) is 5.06. The highest BCUT2D eigenvalue weighted by atomic mass is 35.5. The van der Waals surface area contributed by atoms with Crippen LogP contribution in [0.4, 0.5) is 0 Å². The number of amides is 1. The summed E-state index contributed by atoms with van der Waals surface area (Å²) >= 11 is 7.14. The minimum atomic E-state index is 0.0789. The topological polar surface area (TPSA) is 42.0 Å². The molecule has 1 aromatic rings. The molecule has 1 heterocycles. The summed E-state index contributed by atoms with van der Waals surface area (Å²) < 4.78 is 0. The third-order valence-corrected chi connectivity index (χ3v) is 3.69. The molecule has 5 heteroatoms. The summed E-state index contributed by atoms with van der Waals surface area (Å²) in [5.41, 5.74) is 0.855. The van der Waals surface area contributed by atoms with Crippen LogP contribution in [0.15, 0.2) is 5.38 Å². The molecule has 1 aliphatic carbocycles. The maximum atomic E-state index is 11.5. The highest BCUT2D eigenvalue weighted by molar-refractivity contribution is 7.09. The number of rotatable bonds is 4. The van der Waals surface area contributed by atoms with E-state index in [1.165, 1.54) is 17.8 Å². The number of nitrogens with zero attached hydrogens (tertiary/aromatic N) is 1. The van der Waals surface area contributed by atoms with Gasteiger partial charge in [0.05, 0.1) is 18.0 Å². The van der Waals surface area contributed by atoms with E-state index in [-0.39, 0.29) is 5.91 Å². The van der Waals surface area contributed by atoms with Crippen molar-refractivity contribution < 1.29 is 4.79 Å². The third kappa shape index (κ3) is 2.92. The molecule has 1 N–H and O–H groups in total. The maximum Gasteiger partial charge on any atom is 0.227 e. The molecule has 82 valence electrons. The Bertz CT molecular complexity index is 349. The van der Waals surface area contributed by atoms with E-state index in [4.69, 9.17) is 11.6 Å². The van der Waals surface area contributed by atoms with E-state index in [9.17, 15) is 4.79 Å². The Morgan fingerprint density at radius 1 is 1.67 bits per heavy atom. The average Bonchev–Trinajstić information content (AvgIpc) is 2.59. The summed E-state index contributed by atoms with van der Waals surface area (Å²) in [6, 6.07) is 0.407. The Hall–Kier alpha value is -0.610. The van der Waals surface area contributed by atoms with Crippen LogP contribution in [0.5, 0.6) is 0 Å². The average molecular weight is 245 g/mol. The van der Waals surface area contributed by atoms with Gasteiger partial charge in [-0.1, -0.05) is 0 Å². The van der Waals surface area contributed by atoms with Gasteiger partial charge in [-0.05, 0) is 19.3 Å². The molecule has 0 atom stereocenters. The van der Waals surface area contributed by atoms with Crippen molar-refractivity contribution in [3.8, 4) is 0 Å². The van der Waals surface area contributed by atoms with Crippen LogP contribution in [0, 0.1) is 0 Å². The molecule has 0 aliphatic heterocycles. The summed E-state index contributed by atoms with van der Waals surface area (Å²) in [6.07, 6.45) is 3.86. The van der Waals surface area contributed by atoms with Gasteiger partial charge in [-0.25, -0.2) is 4.98 Å². The molecule has 0 radical (unpaired) electrons. The first-order chi connectivity index (χ1) is 7.28. The number of hydrogen-bond donors (Lipinski definition) is 1. The number of carbonyl (C=O) groups is 1. The molecular formula is C10H13ClN2OS. The van der Waals surface area contributed by atoms with Gasteiger partial charge >= 0.3 is 0 Å². The fourth-order valence-electron chi connectivity index (χ4n) is 1.46. The number of nitrogens with one attached hydrogen (secondary N) is 1. The van der Waals surface area contributed by atoms with E-state index in [1.807, 2.05) is 5.38 Å². The van der Waals surface area contributed by atoms with E-state index in [1.54, 1.807) is 0 Å². The van der Waals surface area contributed by atoms with Gasteiger partial charge in [-0.15, -0.1) is 22.9 Å². The Labute approximate surface area is 97.9 Å². The maximum absolute atomic E-state index is 11.5. The predicted molar refractivity (Wildman–Crippen MR) is 61.2 cm³/mol. The fourth-order valence-corrected chi connectivity index (χ4v) is 2.48. The Kier molecular flexibility index (Phi) is 3.59. The van der Waals surface area contributed by atoms with E-state index >= 15 is 0 Å². The van der Waals surface area contributed by atoms with Crippen molar-refractivity contribution in [1.29, 1.82) is 0 Å². The molecular weight excluding hydrogens is 232 g/mol. The van der Waals surface area contributed by atoms with Gasteiger partial charge < -0.3 is 5.32 Å². The number of aromatic nitrogens is 1. The van der Waals surface area contributed by atoms with Crippen molar-refractivity contribution in [3.63, 3.8) is 0 Å². The van der Waals surface area contributed by atoms with Crippen molar-refractivity contribution in [2.24, 2.45) is 0 Å². The van der Waals surface area contributed by atoms with Crippen molar-refractivity contribution in [2.45, 2.75) is 37.6 Å². The fraction of sp³-hybridized carbons (Fsp3) is 0.600. The highest BCUT2D eigenvalue weighted by Crippen LogP contribution is 2.18. The summed E-state index contributed by atoms with van der Waals surface area (Å²) in [6.45, 7) is 0. The number of hydrogen-bond acceptors (Lipinski definition) is 3. The third-order valence-electron chi connectivity index (χ3n) is 2.52. The molecule has 0 bridgehead atoms. The quantitative estimate of drug-likeness (QED) is 0.825. The Morgan fingerprint density at radius 2 is 2.47 bits per heavy atom. The first kappa shape index (κ1) is 10.9. The molecule has 0 unspecified atom stereocenters. The van der Waals surface area contributed by atoms with Crippen LogP contribution >= 0.6 is 22.9 Å². The molecule has 0 spiro atoms. The van der Waals surface area contributed by atoms with Crippen LogP contribution in [-0.4, -0.2) is 16.9 Å². The first-order valence-corrected chi connectivity index (χ1v) is 6.48. The lowest BCUT2D eigenvalue weighted by Crippen LogP contribution is -2.40. The van der Waals surface area contributed by atoms with E-state index in [0.717, 1.165) is 23.5 Å². The van der Waals surface area contributed by atoms with Crippen LogP contribution in [0.25, 0.3) is 0 Å². The standard InChI is InChI=1S/C10H13ClN2OS/c11-5-8-6-15-10(13-8)4-9(14)12-7-2-1-3-7/h6-7H,1-5H2,(H,12,14). The second-order valence-electron chi connectivity index (χ2n) is 3.74. The number of carbonyl (C=O) groups excluding carboxylic acids is 1. The molecule has 1 fully saturated rings. The van der Waals surface area contributed by atoms with Crippen molar-refractivity contribution >= 4 is 28.8 Å². The van der Waals surface area contributed by atoms with Gasteiger partial charge in [0.1, 0.15) is 5.01 Å². The Balaban J connectivity index is 1.82. The molecule has 1 saturated carbocycles. The molecule has 3 nitrogen and oxygen atoms in total. The molecule has 0 saturated heterocycles. The predicted octanol–water partition coefficient (Wildman–Crippen LogP) is 2.09. The number of alkyl halides is 1. The summed E-state index contributed by atoms with van der Waals surface area (Å²) in [4.78, 5) is 15.8. The molecule has 1 amide bonds. The largest absolute Gasteiger partial charge is 0.353 e. The van der Waals surface area contributed by atoms with Crippen molar-refractivity contribution in [2.75, 3.05) is 0 Å². The second-order valence-corrected chi connectivity index (χ2v) is 4.95. The van der Waals surface area contributed by atoms with Crippen molar-refractivity contribution in [1.82, 2.24) is 10.3 Å². The minimum Gasteiger partial charge on any atom is -0.353 e. The van der Waals surface area contributed by atoms with E-state index < -0.39 is 0 Å². The monoisotopic (exact) mass is 244 g/mol. The molecule has 1 aromatic heterocycles. The van der Waals surface area contributed by atoms with Crippen LogP contribution in [0.3, 0.4) is 0 Å². The Morgan fingerprint density at radius 3 is 3.00 bits per heavy atom. The summed E-state index contributed by atoms with van der Waals surface area (Å²) in [7, 11) is 0.